The summed E-state index contributed by atoms with van der Waals surface area (Å²) in [4.78, 5) is 0. The van der Waals surface area contributed by atoms with E-state index in [0.717, 1.165) is 0 Å². The molecule has 2 rings (SSSR count). The summed E-state index contributed by atoms with van der Waals surface area (Å²) < 4.78 is 0. The molecule has 1 heteroatoms. The van der Waals surface area contributed by atoms with Gasteiger partial charge < -0.3 is 5.32 Å². The Hall–Kier alpha value is -1.60. The van der Waals surface area contributed by atoms with Gasteiger partial charge in [-0.3, -0.25) is 0 Å². The smallest absolute Gasteiger partial charge is 0.0300 e. The second-order valence-corrected chi connectivity index (χ2v) is 5.81. The third-order valence-corrected chi connectivity index (χ3v) is 4.19. The summed E-state index contributed by atoms with van der Waals surface area (Å²) in [5.74, 6) is 0. The largest absolute Gasteiger partial charge is 0.304 e. The highest BCUT2D eigenvalue weighted by Crippen LogP contribution is 2.23. The van der Waals surface area contributed by atoms with Crippen LogP contribution in [-0.2, 0) is 0 Å². The fraction of sp³-hybridized carbons (Fsp3) is 0.368. The molecule has 0 fully saturated rings. The van der Waals surface area contributed by atoms with E-state index in [2.05, 4.69) is 82.4 Å². The number of rotatable bonds is 4. The summed E-state index contributed by atoms with van der Waals surface area (Å²) in [6.45, 7) is 11.0. The van der Waals surface area contributed by atoms with Crippen LogP contribution < -0.4 is 5.32 Å². The van der Waals surface area contributed by atoms with E-state index >= 15 is 0 Å². The van der Waals surface area contributed by atoms with Gasteiger partial charge in [0.2, 0.25) is 0 Å². The molecule has 0 amide bonds. The zero-order valence-corrected chi connectivity index (χ0v) is 13.2. The van der Waals surface area contributed by atoms with Crippen LogP contribution in [0.15, 0.2) is 42.5 Å². The minimum atomic E-state index is 0.351. The minimum Gasteiger partial charge on any atom is -0.304 e. The van der Waals surface area contributed by atoms with Gasteiger partial charge in [0.15, 0.2) is 0 Å². The molecule has 20 heavy (non-hydrogen) atoms. The van der Waals surface area contributed by atoms with Crippen LogP contribution in [0.5, 0.6) is 0 Å². The van der Waals surface area contributed by atoms with Crippen molar-refractivity contribution in [2.75, 3.05) is 0 Å². The maximum Gasteiger partial charge on any atom is 0.0300 e. The molecule has 2 atom stereocenters. The van der Waals surface area contributed by atoms with Crippen molar-refractivity contribution in [1.29, 1.82) is 0 Å². The van der Waals surface area contributed by atoms with Crippen LogP contribution in [0, 0.1) is 20.8 Å². The van der Waals surface area contributed by atoms with E-state index in [0.29, 0.717) is 12.1 Å². The first-order valence-corrected chi connectivity index (χ1v) is 7.37. The Labute approximate surface area is 123 Å². The third-order valence-electron chi connectivity index (χ3n) is 4.19. The van der Waals surface area contributed by atoms with Gasteiger partial charge in [0.25, 0.3) is 0 Å². The maximum absolute atomic E-state index is 3.70. The average molecular weight is 267 g/mol. The second-order valence-electron chi connectivity index (χ2n) is 5.81. The molecule has 0 heterocycles. The fourth-order valence-electron chi connectivity index (χ4n) is 2.67. The van der Waals surface area contributed by atoms with Crippen molar-refractivity contribution >= 4 is 0 Å². The minimum absolute atomic E-state index is 0.351. The molecule has 0 spiro atoms. The lowest BCUT2D eigenvalue weighted by Gasteiger charge is -2.22. The van der Waals surface area contributed by atoms with Crippen LogP contribution in [0.1, 0.15) is 53.7 Å². The summed E-state index contributed by atoms with van der Waals surface area (Å²) in [5, 5.41) is 3.70. The Morgan fingerprint density at radius 2 is 1.45 bits per heavy atom. The number of hydrogen-bond donors (Lipinski definition) is 1. The van der Waals surface area contributed by atoms with Gasteiger partial charge in [-0.15, -0.1) is 0 Å². The fourth-order valence-corrected chi connectivity index (χ4v) is 2.67. The molecule has 1 unspecified atom stereocenters. The Balaban J connectivity index is 2.13. The molecule has 1 N–H and O–H groups in total. The quantitative estimate of drug-likeness (QED) is 0.819. The van der Waals surface area contributed by atoms with Crippen molar-refractivity contribution < 1.29 is 0 Å². The molecular weight excluding hydrogens is 242 g/mol. The standard InChI is InChI=1S/C19H25N/c1-13-10-11-18(12-15(13)3)16(4)20-17(5)19-9-7-6-8-14(19)2/h6-12,16-17,20H,1-5H3/t16?,17-/m1/s1. The van der Waals surface area contributed by atoms with Gasteiger partial charge in [-0.05, 0) is 62.4 Å². The van der Waals surface area contributed by atoms with Crippen LogP contribution in [0.25, 0.3) is 0 Å². The van der Waals surface area contributed by atoms with Gasteiger partial charge >= 0.3 is 0 Å². The van der Waals surface area contributed by atoms with Crippen LogP contribution >= 0.6 is 0 Å². The van der Waals surface area contributed by atoms with Gasteiger partial charge in [0, 0.05) is 12.1 Å². The zero-order valence-electron chi connectivity index (χ0n) is 13.2. The number of nitrogens with one attached hydrogen (secondary N) is 1. The van der Waals surface area contributed by atoms with Crippen molar-refractivity contribution in [3.05, 3.63) is 70.3 Å². The molecule has 0 aliphatic heterocycles. The average Bonchev–Trinajstić information content (AvgIpc) is 2.42. The van der Waals surface area contributed by atoms with E-state index < -0.39 is 0 Å². The summed E-state index contributed by atoms with van der Waals surface area (Å²) in [7, 11) is 0. The van der Waals surface area contributed by atoms with Crippen LogP contribution in [0.3, 0.4) is 0 Å². The summed E-state index contributed by atoms with van der Waals surface area (Å²) in [6, 6.07) is 16.0. The summed E-state index contributed by atoms with van der Waals surface area (Å²) in [5.41, 5.74) is 6.80. The number of hydrogen-bond acceptors (Lipinski definition) is 1. The molecule has 2 aromatic carbocycles. The summed E-state index contributed by atoms with van der Waals surface area (Å²) >= 11 is 0. The number of aryl methyl sites for hydroxylation is 3. The van der Waals surface area contributed by atoms with Crippen molar-refractivity contribution in [2.24, 2.45) is 0 Å². The van der Waals surface area contributed by atoms with Crippen LogP contribution in [0.2, 0.25) is 0 Å². The highest BCUT2D eigenvalue weighted by atomic mass is 14.9. The van der Waals surface area contributed by atoms with Gasteiger partial charge in [-0.2, -0.15) is 0 Å². The first kappa shape index (κ1) is 14.8. The molecule has 106 valence electrons. The third kappa shape index (κ3) is 3.29. The molecule has 0 saturated carbocycles. The molecule has 2 aromatic rings. The highest BCUT2D eigenvalue weighted by molar-refractivity contribution is 5.32. The normalized spacial score (nSPS) is 14.1. The predicted octanol–water partition coefficient (Wildman–Crippen LogP) is 5.02. The lowest BCUT2D eigenvalue weighted by atomic mass is 9.99. The van der Waals surface area contributed by atoms with Crippen LogP contribution in [0.4, 0.5) is 0 Å². The Kier molecular flexibility index (Phi) is 4.61. The zero-order chi connectivity index (χ0) is 14.7. The van der Waals surface area contributed by atoms with E-state index in [1.165, 1.54) is 27.8 Å². The monoisotopic (exact) mass is 267 g/mol. The molecule has 0 radical (unpaired) electrons. The molecule has 0 aliphatic rings. The molecule has 0 bridgehead atoms. The van der Waals surface area contributed by atoms with E-state index in [-0.39, 0.29) is 0 Å². The predicted molar refractivity (Wildman–Crippen MR) is 87.1 cm³/mol. The van der Waals surface area contributed by atoms with E-state index in [1.54, 1.807) is 0 Å². The molecule has 0 saturated heterocycles. The first-order chi connectivity index (χ1) is 9.49. The van der Waals surface area contributed by atoms with Gasteiger partial charge in [0.05, 0.1) is 0 Å². The van der Waals surface area contributed by atoms with Crippen molar-refractivity contribution in [1.82, 2.24) is 5.32 Å². The van der Waals surface area contributed by atoms with Crippen molar-refractivity contribution in [3.63, 3.8) is 0 Å². The van der Waals surface area contributed by atoms with Gasteiger partial charge in [0.1, 0.15) is 0 Å². The van der Waals surface area contributed by atoms with Crippen molar-refractivity contribution in [3.8, 4) is 0 Å². The lowest BCUT2D eigenvalue weighted by Crippen LogP contribution is -2.23. The Morgan fingerprint density at radius 3 is 2.10 bits per heavy atom. The Bertz CT molecular complexity index is 586. The first-order valence-electron chi connectivity index (χ1n) is 7.37. The van der Waals surface area contributed by atoms with E-state index in [1.807, 2.05) is 0 Å². The Morgan fingerprint density at radius 1 is 0.750 bits per heavy atom. The van der Waals surface area contributed by atoms with Crippen molar-refractivity contribution in [2.45, 2.75) is 46.7 Å². The van der Waals surface area contributed by atoms with E-state index in [4.69, 9.17) is 0 Å². The SMILES string of the molecule is Cc1ccc(C(C)N[C@H](C)c2ccccc2C)cc1C. The second kappa shape index (κ2) is 6.23. The highest BCUT2D eigenvalue weighted by Gasteiger charge is 2.12. The molecular formula is C19H25N. The lowest BCUT2D eigenvalue weighted by molar-refractivity contribution is 0.493. The molecule has 1 nitrogen and oxygen atoms in total. The maximum atomic E-state index is 3.70. The summed E-state index contributed by atoms with van der Waals surface area (Å²) in [6.07, 6.45) is 0. The number of benzene rings is 2. The van der Waals surface area contributed by atoms with Crippen LogP contribution in [-0.4, -0.2) is 0 Å². The molecule has 0 aliphatic carbocycles. The van der Waals surface area contributed by atoms with E-state index in [9.17, 15) is 0 Å². The van der Waals surface area contributed by atoms with Gasteiger partial charge in [-0.25, -0.2) is 0 Å². The van der Waals surface area contributed by atoms with Gasteiger partial charge in [-0.1, -0.05) is 42.5 Å². The topological polar surface area (TPSA) is 12.0 Å². The molecule has 0 aromatic heterocycles.